The van der Waals surface area contributed by atoms with Gasteiger partial charge in [-0.25, -0.2) is 0 Å². The van der Waals surface area contributed by atoms with Crippen molar-refractivity contribution in [3.8, 4) is 0 Å². The molecule has 8 N–H and O–H groups in total. The lowest BCUT2D eigenvalue weighted by Crippen LogP contribution is -2.65. The molecule has 31 heavy (non-hydrogen) atoms. The van der Waals surface area contributed by atoms with Crippen LogP contribution in [0.25, 0.3) is 0 Å². The molecule has 3 saturated heterocycles. The number of nitrogens with zero attached hydrogens (tertiary/aromatic N) is 1. The van der Waals surface area contributed by atoms with E-state index in [-0.39, 0.29) is 29.8 Å². The van der Waals surface area contributed by atoms with Crippen LogP contribution in [0.5, 0.6) is 0 Å². The number of ether oxygens (including phenoxy) is 2. The van der Waals surface area contributed by atoms with Crippen molar-refractivity contribution < 1.29 is 29.6 Å². The molecular formula is C19H35N5O6S. The summed E-state index contributed by atoms with van der Waals surface area (Å²) in [7, 11) is 0. The average Bonchev–Trinajstić information content (AvgIpc) is 3.00. The van der Waals surface area contributed by atoms with E-state index < -0.39 is 41.9 Å². The number of hydrogen-bond donors (Lipinski definition) is 7. The number of nitrogens with two attached hydrogens (primary N) is 1. The average molecular weight is 462 g/mol. The van der Waals surface area contributed by atoms with Gasteiger partial charge in [0.05, 0.1) is 18.8 Å². The fourth-order valence-electron chi connectivity index (χ4n) is 4.57. The molecule has 178 valence electrons. The predicted octanol–water partition coefficient (Wildman–Crippen LogP) is -2.52. The second kappa shape index (κ2) is 10.2. The molecule has 3 fully saturated rings. The summed E-state index contributed by atoms with van der Waals surface area (Å²) >= 11 is 1.24. The van der Waals surface area contributed by atoms with Crippen LogP contribution in [0.4, 0.5) is 0 Å². The van der Waals surface area contributed by atoms with Crippen LogP contribution in [0.15, 0.2) is 0 Å². The van der Waals surface area contributed by atoms with E-state index in [1.165, 1.54) is 11.8 Å². The van der Waals surface area contributed by atoms with E-state index in [9.17, 15) is 20.1 Å². The Hall–Kier alpha value is -1.15. The first-order chi connectivity index (χ1) is 14.6. The lowest BCUT2D eigenvalue weighted by Gasteiger charge is -2.44. The quantitative estimate of drug-likeness (QED) is 0.171. The topological polar surface area (TPSA) is 173 Å². The first kappa shape index (κ1) is 24.5. The summed E-state index contributed by atoms with van der Waals surface area (Å²) in [5.74, 6) is -0.382. The van der Waals surface area contributed by atoms with Gasteiger partial charge in [0.2, 0.25) is 5.91 Å². The number of carbonyl (C=O) groups is 1. The Kier molecular flexibility index (Phi) is 8.05. The summed E-state index contributed by atoms with van der Waals surface area (Å²) in [5.41, 5.74) is 4.92. The normalized spacial score (nSPS) is 39.6. The van der Waals surface area contributed by atoms with Crippen LogP contribution in [0, 0.1) is 17.2 Å². The van der Waals surface area contributed by atoms with Crippen molar-refractivity contribution in [3.05, 3.63) is 0 Å². The number of aliphatic hydroxyl groups is 3. The van der Waals surface area contributed by atoms with Crippen molar-refractivity contribution in [1.29, 1.82) is 5.41 Å². The van der Waals surface area contributed by atoms with Gasteiger partial charge in [-0.05, 0) is 12.2 Å². The minimum atomic E-state index is -1.37. The van der Waals surface area contributed by atoms with Crippen LogP contribution >= 0.6 is 11.8 Å². The van der Waals surface area contributed by atoms with E-state index >= 15 is 0 Å². The van der Waals surface area contributed by atoms with E-state index in [0.29, 0.717) is 26.2 Å². The van der Waals surface area contributed by atoms with Gasteiger partial charge in [-0.3, -0.25) is 10.2 Å². The Morgan fingerprint density at radius 1 is 1.29 bits per heavy atom. The van der Waals surface area contributed by atoms with Crippen LogP contribution in [0.1, 0.15) is 13.8 Å². The number of carbonyl (C=O) groups excluding carboxylic acids is 1. The standard InChI is InChI=1S/C19H35N5O6S/c1-8(2)10(16-13(26)12(25)14(27)18(30-16)31-3)23-17(28)11-15-9(6-22-11)7-24(19(20)21)4-5-29-15/h8-16,18,22,25-27H,4-7H2,1-3H3,(H3,20,21)(H,23,28)/t9-,10-,11+,12?,13?,14-,15-,16-,18?/m1/s1. The third-order valence-corrected chi connectivity index (χ3v) is 7.22. The number of guanidine groups is 1. The zero-order valence-corrected chi connectivity index (χ0v) is 18.9. The maximum absolute atomic E-state index is 13.2. The van der Waals surface area contributed by atoms with Crippen molar-refractivity contribution in [2.75, 3.05) is 32.5 Å². The molecule has 12 heteroatoms. The SMILES string of the molecule is CSC1O[C@H]([C@H](NC(=O)[C@H]2NC[C@@H]3CN(C(=N)N)CCO[C@H]32)C(C)C)C(O)C(O)[C@H]1O. The van der Waals surface area contributed by atoms with Crippen molar-refractivity contribution in [1.82, 2.24) is 15.5 Å². The molecule has 3 rings (SSSR count). The highest BCUT2D eigenvalue weighted by molar-refractivity contribution is 7.99. The Morgan fingerprint density at radius 2 is 2.00 bits per heavy atom. The number of amides is 1. The van der Waals surface area contributed by atoms with E-state index in [4.69, 9.17) is 20.6 Å². The number of aliphatic hydroxyl groups excluding tert-OH is 3. The maximum atomic E-state index is 13.2. The molecule has 0 radical (unpaired) electrons. The Balaban J connectivity index is 1.70. The highest BCUT2D eigenvalue weighted by Crippen LogP contribution is 2.31. The van der Waals surface area contributed by atoms with Crippen LogP contribution in [-0.2, 0) is 14.3 Å². The van der Waals surface area contributed by atoms with E-state index in [1.807, 2.05) is 13.8 Å². The number of fused-ring (bicyclic) bond motifs is 1. The van der Waals surface area contributed by atoms with E-state index in [0.717, 1.165) is 0 Å². The first-order valence-corrected chi connectivity index (χ1v) is 11.9. The van der Waals surface area contributed by atoms with Crippen LogP contribution in [0.3, 0.4) is 0 Å². The highest BCUT2D eigenvalue weighted by atomic mass is 32.2. The molecule has 3 heterocycles. The predicted molar refractivity (Wildman–Crippen MR) is 115 cm³/mol. The minimum Gasteiger partial charge on any atom is -0.388 e. The summed E-state index contributed by atoms with van der Waals surface area (Å²) in [5, 5.41) is 44.8. The van der Waals surface area contributed by atoms with E-state index in [2.05, 4.69) is 10.6 Å². The molecule has 11 nitrogen and oxygen atoms in total. The number of rotatable bonds is 5. The summed E-state index contributed by atoms with van der Waals surface area (Å²) in [6, 6.07) is -1.18. The van der Waals surface area contributed by atoms with Gasteiger partial charge in [0.1, 0.15) is 35.9 Å². The third kappa shape index (κ3) is 5.10. The molecular weight excluding hydrogens is 426 g/mol. The lowest BCUT2D eigenvalue weighted by atomic mass is 9.88. The zero-order valence-electron chi connectivity index (χ0n) is 18.1. The Morgan fingerprint density at radius 3 is 2.61 bits per heavy atom. The van der Waals surface area contributed by atoms with Crippen molar-refractivity contribution in [2.24, 2.45) is 17.6 Å². The molecule has 0 aliphatic carbocycles. The second-order valence-corrected chi connectivity index (χ2v) is 9.70. The largest absolute Gasteiger partial charge is 0.388 e. The van der Waals surface area contributed by atoms with Crippen LogP contribution in [0.2, 0.25) is 0 Å². The Bertz CT molecular complexity index is 655. The monoisotopic (exact) mass is 461 g/mol. The summed E-state index contributed by atoms with van der Waals surface area (Å²) in [6.45, 7) is 5.75. The van der Waals surface area contributed by atoms with Crippen LogP contribution in [-0.4, -0.2) is 113 Å². The van der Waals surface area contributed by atoms with Gasteiger partial charge in [-0.1, -0.05) is 13.8 Å². The van der Waals surface area contributed by atoms with Crippen LogP contribution < -0.4 is 16.4 Å². The smallest absolute Gasteiger partial charge is 0.240 e. The third-order valence-electron chi connectivity index (χ3n) is 6.36. The number of thioether (sulfide) groups is 1. The molecule has 1 amide bonds. The fourth-order valence-corrected chi connectivity index (χ4v) is 5.24. The van der Waals surface area contributed by atoms with Gasteiger partial charge >= 0.3 is 0 Å². The maximum Gasteiger partial charge on any atom is 0.240 e. The number of nitrogens with one attached hydrogen (secondary N) is 3. The van der Waals surface area contributed by atoms with Gasteiger partial charge in [0.15, 0.2) is 5.96 Å². The molecule has 0 aromatic rings. The molecule has 0 aromatic carbocycles. The van der Waals surface area contributed by atoms with Gasteiger partial charge in [0, 0.05) is 25.6 Å². The van der Waals surface area contributed by atoms with Gasteiger partial charge < -0.3 is 46.1 Å². The summed E-state index contributed by atoms with van der Waals surface area (Å²) in [4.78, 5) is 14.9. The molecule has 0 aromatic heterocycles. The minimum absolute atomic E-state index is 0.00834. The van der Waals surface area contributed by atoms with Gasteiger partial charge in [-0.15, -0.1) is 11.8 Å². The molecule has 3 unspecified atom stereocenters. The Labute approximate surface area is 186 Å². The highest BCUT2D eigenvalue weighted by Gasteiger charge is 2.49. The lowest BCUT2D eigenvalue weighted by molar-refractivity contribution is -0.208. The van der Waals surface area contributed by atoms with Crippen molar-refractivity contribution in [3.63, 3.8) is 0 Å². The van der Waals surface area contributed by atoms with Crippen molar-refractivity contribution >= 4 is 23.6 Å². The fraction of sp³-hybridized carbons (Fsp3) is 0.895. The van der Waals surface area contributed by atoms with Crippen molar-refractivity contribution in [2.45, 2.75) is 61.9 Å². The molecule has 0 spiro atoms. The molecule has 3 aliphatic heterocycles. The zero-order chi connectivity index (χ0) is 22.9. The molecule has 9 atom stereocenters. The number of hydrogen-bond acceptors (Lipinski definition) is 9. The van der Waals surface area contributed by atoms with Gasteiger partial charge in [-0.2, -0.15) is 0 Å². The summed E-state index contributed by atoms with van der Waals surface area (Å²) in [6.07, 6.45) is -3.42. The van der Waals surface area contributed by atoms with E-state index in [1.54, 1.807) is 11.2 Å². The van der Waals surface area contributed by atoms with Gasteiger partial charge in [0.25, 0.3) is 0 Å². The summed E-state index contributed by atoms with van der Waals surface area (Å²) < 4.78 is 11.8. The molecule has 0 bridgehead atoms. The molecule has 3 aliphatic rings. The second-order valence-electron chi connectivity index (χ2n) is 8.77. The molecule has 0 saturated carbocycles. The first-order valence-electron chi connectivity index (χ1n) is 10.6.